The number of ether oxygens (including phenoxy) is 2. The van der Waals surface area contributed by atoms with Gasteiger partial charge in [-0.3, -0.25) is 18.7 Å². The molecule has 0 saturated heterocycles. The van der Waals surface area contributed by atoms with Gasteiger partial charge in [0, 0.05) is 39.4 Å². The topological polar surface area (TPSA) is 109 Å². The number of aromatic nitrogens is 4. The Hall–Kier alpha value is -2.92. The number of anilines is 1. The van der Waals surface area contributed by atoms with Crippen molar-refractivity contribution in [3.8, 4) is 11.5 Å². The van der Waals surface area contributed by atoms with E-state index < -0.39 is 11.2 Å². The first kappa shape index (κ1) is 22.8. The van der Waals surface area contributed by atoms with Crippen molar-refractivity contribution >= 4 is 46.1 Å². The highest BCUT2D eigenvalue weighted by Gasteiger charge is 2.18. The molecule has 2 heterocycles. The van der Waals surface area contributed by atoms with Crippen molar-refractivity contribution in [3.05, 3.63) is 38.0 Å². The van der Waals surface area contributed by atoms with Gasteiger partial charge in [-0.2, -0.15) is 0 Å². The lowest BCUT2D eigenvalue weighted by atomic mass is 10.2. The van der Waals surface area contributed by atoms with E-state index in [1.807, 2.05) is 0 Å². The summed E-state index contributed by atoms with van der Waals surface area (Å²) in [4.78, 5) is 41.3. The zero-order chi connectivity index (χ0) is 22.9. The second kappa shape index (κ2) is 9.06. The van der Waals surface area contributed by atoms with E-state index in [0.29, 0.717) is 38.8 Å². The fourth-order valence-electron chi connectivity index (χ4n) is 3.09. The summed E-state index contributed by atoms with van der Waals surface area (Å²) in [5.41, 5.74) is 0.184. The molecule has 1 aromatic carbocycles. The van der Waals surface area contributed by atoms with Crippen LogP contribution in [0.5, 0.6) is 11.5 Å². The molecule has 0 aliphatic carbocycles. The molecule has 0 spiro atoms. The fourth-order valence-corrected chi connectivity index (χ4v) is 4.24. The lowest BCUT2D eigenvalue weighted by Crippen LogP contribution is -2.37. The van der Waals surface area contributed by atoms with Gasteiger partial charge in [0.1, 0.15) is 11.5 Å². The molecule has 1 N–H and O–H groups in total. The first-order chi connectivity index (χ1) is 14.7. The van der Waals surface area contributed by atoms with Gasteiger partial charge in [-0.1, -0.05) is 23.4 Å². The van der Waals surface area contributed by atoms with Gasteiger partial charge in [0.25, 0.3) is 5.56 Å². The number of carbonyl (C=O) groups excluding carboxylic acids is 1. The molecule has 31 heavy (non-hydrogen) atoms. The Morgan fingerprint density at radius 3 is 2.42 bits per heavy atom. The van der Waals surface area contributed by atoms with Crippen molar-refractivity contribution in [3.63, 3.8) is 0 Å². The lowest BCUT2D eigenvalue weighted by Gasteiger charge is -2.13. The number of fused-ring (bicyclic) bond motifs is 1. The molecule has 0 saturated carbocycles. The third kappa shape index (κ3) is 4.28. The van der Waals surface area contributed by atoms with Crippen LogP contribution in [0.3, 0.4) is 0 Å². The van der Waals surface area contributed by atoms with Gasteiger partial charge < -0.3 is 19.4 Å². The highest BCUT2D eigenvalue weighted by Crippen LogP contribution is 2.36. The Bertz CT molecular complexity index is 1280. The molecule has 0 unspecified atom stereocenters. The van der Waals surface area contributed by atoms with Crippen molar-refractivity contribution < 1.29 is 14.3 Å². The first-order valence-corrected chi connectivity index (χ1v) is 10.5. The standard InChI is InChI=1S/C19H22ClN5O5S/c1-23-16-15(17(27)25(3)19(28)24(16)2)22-18(23)31-7-6-14(26)21-11-8-10(20)12(29-4)9-13(11)30-5/h8-9H,6-7H2,1-5H3,(H,21,26). The van der Waals surface area contributed by atoms with E-state index in [1.165, 1.54) is 37.6 Å². The molecule has 1 amide bonds. The smallest absolute Gasteiger partial charge is 0.332 e. The van der Waals surface area contributed by atoms with Crippen LogP contribution in [0.4, 0.5) is 5.69 Å². The maximum atomic E-state index is 12.4. The Morgan fingerprint density at radius 1 is 1.10 bits per heavy atom. The van der Waals surface area contributed by atoms with E-state index in [-0.39, 0.29) is 17.8 Å². The van der Waals surface area contributed by atoms with Gasteiger partial charge in [0.05, 0.1) is 24.9 Å². The third-order valence-corrected chi connectivity index (χ3v) is 6.06. The zero-order valence-corrected chi connectivity index (χ0v) is 19.3. The molecule has 10 nitrogen and oxygen atoms in total. The maximum absolute atomic E-state index is 12.4. The van der Waals surface area contributed by atoms with E-state index in [1.54, 1.807) is 30.8 Å². The largest absolute Gasteiger partial charge is 0.495 e. The number of nitrogens with one attached hydrogen (secondary N) is 1. The quantitative estimate of drug-likeness (QED) is 0.527. The summed E-state index contributed by atoms with van der Waals surface area (Å²) in [6.07, 6.45) is 0.178. The number of imidazole rings is 1. The highest BCUT2D eigenvalue weighted by atomic mass is 35.5. The summed E-state index contributed by atoms with van der Waals surface area (Å²) >= 11 is 7.44. The zero-order valence-electron chi connectivity index (χ0n) is 17.7. The molecule has 166 valence electrons. The summed E-state index contributed by atoms with van der Waals surface area (Å²) in [5, 5.41) is 3.65. The molecule has 0 aliphatic rings. The number of rotatable bonds is 7. The SMILES string of the molecule is COc1cc(OC)c(NC(=O)CCSc2nc3c(=O)n(C)c(=O)n(C)c3n2C)cc1Cl. The van der Waals surface area contributed by atoms with E-state index in [9.17, 15) is 14.4 Å². The molecule has 3 aromatic rings. The Morgan fingerprint density at radius 2 is 1.77 bits per heavy atom. The molecule has 0 fully saturated rings. The second-order valence-corrected chi connectivity index (χ2v) is 8.13. The summed E-state index contributed by atoms with van der Waals surface area (Å²) in [7, 11) is 7.69. The molecule has 0 radical (unpaired) electrons. The van der Waals surface area contributed by atoms with Crippen molar-refractivity contribution in [2.75, 3.05) is 25.3 Å². The Labute approximate surface area is 186 Å². The summed E-state index contributed by atoms with van der Waals surface area (Å²) in [6.45, 7) is 0. The van der Waals surface area contributed by atoms with Crippen LogP contribution in [0.15, 0.2) is 26.9 Å². The van der Waals surface area contributed by atoms with E-state index in [4.69, 9.17) is 21.1 Å². The van der Waals surface area contributed by atoms with Crippen LogP contribution in [0, 0.1) is 0 Å². The van der Waals surface area contributed by atoms with Gasteiger partial charge >= 0.3 is 5.69 Å². The number of amides is 1. The molecule has 12 heteroatoms. The average molecular weight is 468 g/mol. The molecular weight excluding hydrogens is 446 g/mol. The summed E-state index contributed by atoms with van der Waals surface area (Å²) in [6, 6.07) is 3.16. The van der Waals surface area contributed by atoms with E-state index >= 15 is 0 Å². The number of carbonyl (C=O) groups is 1. The van der Waals surface area contributed by atoms with Gasteiger partial charge in [-0.15, -0.1) is 0 Å². The second-order valence-electron chi connectivity index (χ2n) is 6.67. The third-order valence-electron chi connectivity index (χ3n) is 4.73. The van der Waals surface area contributed by atoms with Crippen LogP contribution in [0.2, 0.25) is 5.02 Å². The number of hydrogen-bond acceptors (Lipinski definition) is 7. The number of halogens is 1. The molecule has 3 rings (SSSR count). The van der Waals surface area contributed by atoms with Gasteiger partial charge in [-0.05, 0) is 6.07 Å². The normalized spacial score (nSPS) is 11.0. The van der Waals surface area contributed by atoms with Crippen molar-refractivity contribution in [1.82, 2.24) is 18.7 Å². The van der Waals surface area contributed by atoms with Gasteiger partial charge in [0.15, 0.2) is 16.3 Å². The average Bonchev–Trinajstić information content (AvgIpc) is 3.07. The fraction of sp³-hybridized carbons (Fsp3) is 0.368. The van der Waals surface area contributed by atoms with E-state index in [0.717, 1.165) is 4.57 Å². The monoisotopic (exact) mass is 467 g/mol. The Kier molecular flexibility index (Phi) is 6.65. The molecule has 0 bridgehead atoms. The first-order valence-electron chi connectivity index (χ1n) is 9.16. The van der Waals surface area contributed by atoms with Crippen LogP contribution >= 0.6 is 23.4 Å². The predicted octanol–water partition coefficient (Wildman–Crippen LogP) is 1.76. The minimum atomic E-state index is -0.457. The Balaban J connectivity index is 1.73. The number of methoxy groups -OCH3 is 2. The van der Waals surface area contributed by atoms with E-state index in [2.05, 4.69) is 10.3 Å². The van der Waals surface area contributed by atoms with Crippen LogP contribution in [0.1, 0.15) is 6.42 Å². The van der Waals surface area contributed by atoms with Crippen molar-refractivity contribution in [2.45, 2.75) is 11.6 Å². The van der Waals surface area contributed by atoms with Crippen LogP contribution in [0.25, 0.3) is 11.2 Å². The van der Waals surface area contributed by atoms with Crippen LogP contribution in [-0.2, 0) is 25.9 Å². The van der Waals surface area contributed by atoms with Crippen molar-refractivity contribution in [2.24, 2.45) is 21.1 Å². The summed E-state index contributed by atoms with van der Waals surface area (Å²) in [5.74, 6) is 1.03. The van der Waals surface area contributed by atoms with Crippen LogP contribution < -0.4 is 26.0 Å². The maximum Gasteiger partial charge on any atom is 0.332 e. The number of aryl methyl sites for hydroxylation is 2. The molecule has 0 aliphatic heterocycles. The predicted molar refractivity (Wildman–Crippen MR) is 120 cm³/mol. The summed E-state index contributed by atoms with van der Waals surface area (Å²) < 4.78 is 14.5. The number of thioether (sulfide) groups is 1. The minimum Gasteiger partial charge on any atom is -0.495 e. The molecule has 0 atom stereocenters. The van der Waals surface area contributed by atoms with Gasteiger partial charge in [0.2, 0.25) is 5.91 Å². The lowest BCUT2D eigenvalue weighted by molar-refractivity contribution is -0.115. The number of benzene rings is 1. The minimum absolute atomic E-state index is 0.178. The van der Waals surface area contributed by atoms with Crippen LogP contribution in [-0.4, -0.2) is 44.6 Å². The van der Waals surface area contributed by atoms with Crippen molar-refractivity contribution in [1.29, 1.82) is 0 Å². The number of hydrogen-bond donors (Lipinski definition) is 1. The van der Waals surface area contributed by atoms with Gasteiger partial charge in [-0.25, -0.2) is 9.78 Å². The molecular formula is C19H22ClN5O5S. The number of nitrogens with zero attached hydrogens (tertiary/aromatic N) is 4. The highest BCUT2D eigenvalue weighted by molar-refractivity contribution is 7.99. The molecule has 2 aromatic heterocycles.